The van der Waals surface area contributed by atoms with Gasteiger partial charge in [0, 0.05) is 37.6 Å². The molecule has 0 radical (unpaired) electrons. The van der Waals surface area contributed by atoms with Gasteiger partial charge in [-0.15, -0.1) is 0 Å². The second-order valence-corrected chi connectivity index (χ2v) is 11.3. The van der Waals surface area contributed by atoms with Crippen molar-refractivity contribution in [3.05, 3.63) is 76.2 Å². The van der Waals surface area contributed by atoms with E-state index in [0.717, 1.165) is 0 Å². The quantitative estimate of drug-likeness (QED) is 0.481. The minimum Gasteiger partial charge on any atom is -0.483 e. The number of anilines is 1. The minimum absolute atomic E-state index is 0.0865. The van der Waals surface area contributed by atoms with E-state index >= 15 is 0 Å². The first-order chi connectivity index (χ1) is 17.3. The molecule has 2 aromatic carbocycles. The molecule has 2 unspecified atom stereocenters. The number of hydrogen-bond donors (Lipinski definition) is 0. The van der Waals surface area contributed by atoms with Crippen LogP contribution < -0.4 is 15.2 Å². The summed E-state index contributed by atoms with van der Waals surface area (Å²) in [5, 5.41) is 4.81. The molecule has 5 rings (SSSR count). The second kappa shape index (κ2) is 10.2. The zero-order chi connectivity index (χ0) is 25.3. The number of rotatable bonds is 6. The number of sulfonamides is 1. The Kier molecular flexibility index (Phi) is 7.00. The Morgan fingerprint density at radius 2 is 1.75 bits per heavy atom. The molecule has 190 valence electrons. The van der Waals surface area contributed by atoms with E-state index in [2.05, 4.69) is 5.10 Å². The first kappa shape index (κ1) is 24.7. The van der Waals surface area contributed by atoms with E-state index in [9.17, 15) is 17.6 Å². The number of aromatic nitrogens is 2. The molecular formula is C25H26ClFN4O4S. The Morgan fingerprint density at radius 1 is 1.00 bits per heavy atom. The average Bonchev–Trinajstić information content (AvgIpc) is 3.30. The molecule has 0 amide bonds. The molecule has 1 saturated heterocycles. The van der Waals surface area contributed by atoms with Crippen LogP contribution in [0, 0.1) is 0 Å². The summed E-state index contributed by atoms with van der Waals surface area (Å²) >= 11 is 6.11. The molecule has 11 heteroatoms. The first-order valence-electron chi connectivity index (χ1n) is 11.8. The maximum absolute atomic E-state index is 13.9. The van der Waals surface area contributed by atoms with Gasteiger partial charge in [-0.25, -0.2) is 12.8 Å². The Labute approximate surface area is 213 Å². The molecule has 1 aliphatic heterocycles. The van der Waals surface area contributed by atoms with Gasteiger partial charge in [-0.05, 0) is 43.2 Å². The molecule has 0 N–H and O–H groups in total. The smallest absolute Gasteiger partial charge is 0.316 e. The van der Waals surface area contributed by atoms with Crippen LogP contribution in [0.4, 0.5) is 10.1 Å². The normalized spacial score (nSPS) is 21.0. The van der Waals surface area contributed by atoms with Gasteiger partial charge in [0.25, 0.3) is 0 Å². The van der Waals surface area contributed by atoms with Gasteiger partial charge < -0.3 is 9.64 Å². The highest BCUT2D eigenvalue weighted by molar-refractivity contribution is 7.89. The molecule has 3 aromatic rings. The summed E-state index contributed by atoms with van der Waals surface area (Å²) < 4.78 is 48.6. The molecule has 0 spiro atoms. The highest BCUT2D eigenvalue weighted by Crippen LogP contribution is 2.32. The number of halogens is 2. The largest absolute Gasteiger partial charge is 0.483 e. The third kappa shape index (κ3) is 4.98. The van der Waals surface area contributed by atoms with Crippen LogP contribution in [0.5, 0.6) is 5.75 Å². The molecule has 2 atom stereocenters. The lowest BCUT2D eigenvalue weighted by Crippen LogP contribution is -2.49. The van der Waals surface area contributed by atoms with Crippen molar-refractivity contribution in [1.29, 1.82) is 0 Å². The third-order valence-corrected chi connectivity index (χ3v) is 8.68. The Morgan fingerprint density at radius 3 is 2.42 bits per heavy atom. The van der Waals surface area contributed by atoms with Crippen LogP contribution in [0.1, 0.15) is 19.3 Å². The van der Waals surface area contributed by atoms with Crippen molar-refractivity contribution in [1.82, 2.24) is 14.1 Å². The number of ether oxygens (including phenoxy) is 1. The Hall–Kier alpha value is -2.95. The maximum Gasteiger partial charge on any atom is 0.316 e. The topological polar surface area (TPSA) is 84.7 Å². The van der Waals surface area contributed by atoms with E-state index in [4.69, 9.17) is 16.3 Å². The van der Waals surface area contributed by atoms with Gasteiger partial charge in [-0.1, -0.05) is 35.9 Å². The van der Waals surface area contributed by atoms with E-state index in [1.165, 1.54) is 8.99 Å². The molecule has 8 nitrogen and oxygen atoms in total. The average molecular weight is 533 g/mol. The molecule has 1 saturated carbocycles. The van der Waals surface area contributed by atoms with Gasteiger partial charge in [0.05, 0.1) is 16.8 Å². The molecule has 36 heavy (non-hydrogen) atoms. The lowest BCUT2D eigenvalue weighted by Gasteiger charge is -2.36. The Bertz CT molecular complexity index is 1390. The van der Waals surface area contributed by atoms with Crippen LogP contribution in [-0.4, -0.2) is 61.0 Å². The van der Waals surface area contributed by atoms with Crippen LogP contribution in [-0.2, 0) is 10.0 Å². The number of benzene rings is 2. The van der Waals surface area contributed by atoms with Crippen molar-refractivity contribution >= 4 is 27.3 Å². The molecule has 1 aliphatic carbocycles. The molecule has 0 bridgehead atoms. The summed E-state index contributed by atoms with van der Waals surface area (Å²) in [6.45, 7) is 1.18. The van der Waals surface area contributed by atoms with Gasteiger partial charge in [-0.3, -0.25) is 4.79 Å². The highest BCUT2D eigenvalue weighted by atomic mass is 35.5. The maximum atomic E-state index is 13.9. The predicted molar refractivity (Wildman–Crippen MR) is 135 cm³/mol. The molecule has 2 fully saturated rings. The lowest BCUT2D eigenvalue weighted by atomic mass is 10.2. The summed E-state index contributed by atoms with van der Waals surface area (Å²) in [7, 11) is -3.62. The van der Waals surface area contributed by atoms with Gasteiger partial charge in [0.15, 0.2) is 0 Å². The van der Waals surface area contributed by atoms with Crippen LogP contribution >= 0.6 is 11.6 Å². The van der Waals surface area contributed by atoms with Crippen molar-refractivity contribution in [2.45, 2.75) is 36.4 Å². The van der Waals surface area contributed by atoms with Gasteiger partial charge in [-0.2, -0.15) is 14.1 Å². The molecule has 2 heterocycles. The molecular weight excluding hydrogens is 507 g/mol. The number of alkyl halides is 1. The Balaban J connectivity index is 1.43. The van der Waals surface area contributed by atoms with E-state index in [0.29, 0.717) is 42.3 Å². The van der Waals surface area contributed by atoms with Gasteiger partial charge >= 0.3 is 5.56 Å². The van der Waals surface area contributed by atoms with E-state index < -0.39 is 27.9 Å². The van der Waals surface area contributed by atoms with Crippen LogP contribution in [0.25, 0.3) is 5.69 Å². The van der Waals surface area contributed by atoms with Gasteiger partial charge in [0.1, 0.15) is 18.0 Å². The summed E-state index contributed by atoms with van der Waals surface area (Å²) in [5.74, 6) is 0.0865. The SMILES string of the molecule is O=c1c(OC2CCC(F)C2)c(N2CCN(S(=O)(=O)c3ccccc3)CC2)cnn1-c1cccc(Cl)c1. The fraction of sp³-hybridized carbons (Fsp3) is 0.360. The van der Waals surface area contributed by atoms with Crippen LogP contribution in [0.2, 0.25) is 5.02 Å². The highest BCUT2D eigenvalue weighted by Gasteiger charge is 2.32. The number of piperazine rings is 1. The number of nitrogens with zero attached hydrogens (tertiary/aromatic N) is 4. The van der Waals surface area contributed by atoms with E-state index in [-0.39, 0.29) is 30.2 Å². The second-order valence-electron chi connectivity index (χ2n) is 8.91. The lowest BCUT2D eigenvalue weighted by molar-refractivity contribution is 0.193. The predicted octanol–water partition coefficient (Wildman–Crippen LogP) is 3.67. The van der Waals surface area contributed by atoms with Crippen molar-refractivity contribution in [3.8, 4) is 11.4 Å². The minimum atomic E-state index is -3.62. The van der Waals surface area contributed by atoms with Crippen LogP contribution in [0.3, 0.4) is 0 Å². The fourth-order valence-corrected chi connectivity index (χ4v) is 6.26. The molecule has 2 aliphatic rings. The fourth-order valence-electron chi connectivity index (χ4n) is 4.63. The standard InChI is InChI=1S/C25H26ClFN4O4S/c26-18-5-4-6-20(15-18)31-25(32)24(35-21-10-9-19(27)16-21)23(17-28-31)29-11-13-30(14-12-29)36(33,34)22-7-2-1-3-8-22/h1-8,15,17,19,21H,9-14,16H2. The molecule has 1 aromatic heterocycles. The zero-order valence-corrected chi connectivity index (χ0v) is 21.0. The van der Waals surface area contributed by atoms with Crippen molar-refractivity contribution in [2.75, 3.05) is 31.1 Å². The van der Waals surface area contributed by atoms with Crippen molar-refractivity contribution in [2.24, 2.45) is 0 Å². The monoisotopic (exact) mass is 532 g/mol. The first-order valence-corrected chi connectivity index (χ1v) is 13.6. The zero-order valence-electron chi connectivity index (χ0n) is 19.5. The van der Waals surface area contributed by atoms with Gasteiger partial charge in [0.2, 0.25) is 15.8 Å². The summed E-state index contributed by atoms with van der Waals surface area (Å²) in [5.41, 5.74) is 0.478. The van der Waals surface area contributed by atoms with E-state index in [1.807, 2.05) is 4.90 Å². The summed E-state index contributed by atoms with van der Waals surface area (Å²) in [6, 6.07) is 15.1. The van der Waals surface area contributed by atoms with E-state index in [1.54, 1.807) is 60.8 Å². The summed E-state index contributed by atoms with van der Waals surface area (Å²) in [6.07, 6.45) is 1.30. The van der Waals surface area contributed by atoms with Crippen molar-refractivity contribution < 1.29 is 17.5 Å². The summed E-state index contributed by atoms with van der Waals surface area (Å²) in [4.78, 5) is 15.7. The number of hydrogen-bond acceptors (Lipinski definition) is 6. The van der Waals surface area contributed by atoms with Crippen molar-refractivity contribution in [3.63, 3.8) is 0 Å². The van der Waals surface area contributed by atoms with Crippen LogP contribution in [0.15, 0.2) is 70.5 Å². The third-order valence-electron chi connectivity index (χ3n) is 6.53.